The van der Waals surface area contributed by atoms with Crippen molar-refractivity contribution in [2.75, 3.05) is 39.5 Å². The van der Waals surface area contributed by atoms with Crippen LogP contribution in [0.25, 0.3) is 0 Å². The zero-order valence-electron chi connectivity index (χ0n) is 12.2. The molecule has 1 heterocycles. The minimum atomic E-state index is 0.138. The lowest BCUT2D eigenvalue weighted by molar-refractivity contribution is 0.0781. The number of hydrogen-bond donors (Lipinski definition) is 1. The van der Waals surface area contributed by atoms with Gasteiger partial charge in [0.25, 0.3) is 5.91 Å². The molecule has 1 aliphatic rings. The van der Waals surface area contributed by atoms with Crippen molar-refractivity contribution in [2.45, 2.75) is 13.0 Å². The molecule has 1 aliphatic heterocycles. The van der Waals surface area contributed by atoms with E-state index < -0.39 is 0 Å². The first-order valence-corrected chi connectivity index (χ1v) is 6.76. The molecular formula is C15H23N3O. The summed E-state index contributed by atoms with van der Waals surface area (Å²) in [5.41, 5.74) is 1.79. The quantitative estimate of drug-likeness (QED) is 0.900. The third kappa shape index (κ3) is 2.89. The monoisotopic (exact) mass is 261 g/mol. The molecule has 0 aromatic heterocycles. The van der Waals surface area contributed by atoms with Crippen LogP contribution in [-0.2, 0) is 0 Å². The highest BCUT2D eigenvalue weighted by molar-refractivity contribution is 5.94. The second kappa shape index (κ2) is 5.61. The highest BCUT2D eigenvalue weighted by Crippen LogP contribution is 2.22. The largest absolute Gasteiger partial charge is 0.388 e. The van der Waals surface area contributed by atoms with E-state index in [0.717, 1.165) is 24.3 Å². The van der Waals surface area contributed by atoms with Crippen LogP contribution in [0.15, 0.2) is 24.3 Å². The standard InChI is InChI=1S/C15H23N3O/c1-11-9-18(10-14(11)17(3)4)15(19)12-5-7-13(16-2)8-6-12/h5-8,11,14,16H,9-10H2,1-4H3. The Morgan fingerprint density at radius 3 is 2.37 bits per heavy atom. The Morgan fingerprint density at radius 2 is 1.89 bits per heavy atom. The first-order valence-electron chi connectivity index (χ1n) is 6.76. The lowest BCUT2D eigenvalue weighted by Crippen LogP contribution is -2.35. The molecule has 1 fully saturated rings. The SMILES string of the molecule is CNc1ccc(C(=O)N2CC(C)C(N(C)C)C2)cc1. The molecule has 2 atom stereocenters. The fraction of sp³-hybridized carbons (Fsp3) is 0.533. The van der Waals surface area contributed by atoms with Gasteiger partial charge in [0.15, 0.2) is 0 Å². The molecule has 4 nitrogen and oxygen atoms in total. The third-order valence-corrected chi connectivity index (χ3v) is 3.94. The second-order valence-electron chi connectivity index (χ2n) is 5.55. The van der Waals surface area contributed by atoms with Gasteiger partial charge < -0.3 is 15.1 Å². The molecule has 1 saturated heterocycles. The summed E-state index contributed by atoms with van der Waals surface area (Å²) >= 11 is 0. The summed E-state index contributed by atoms with van der Waals surface area (Å²) in [7, 11) is 6.04. The minimum Gasteiger partial charge on any atom is -0.388 e. The van der Waals surface area contributed by atoms with E-state index in [1.807, 2.05) is 36.2 Å². The molecule has 1 N–H and O–H groups in total. The zero-order valence-corrected chi connectivity index (χ0v) is 12.2. The predicted octanol–water partition coefficient (Wildman–Crippen LogP) is 1.75. The number of likely N-dealkylation sites (N-methyl/N-ethyl adjacent to an activating group) is 1. The smallest absolute Gasteiger partial charge is 0.253 e. The number of carbonyl (C=O) groups excluding carboxylic acids is 1. The van der Waals surface area contributed by atoms with Crippen LogP contribution in [0.1, 0.15) is 17.3 Å². The van der Waals surface area contributed by atoms with E-state index in [1.54, 1.807) is 0 Å². The van der Waals surface area contributed by atoms with Crippen molar-refractivity contribution < 1.29 is 4.79 Å². The van der Waals surface area contributed by atoms with E-state index in [4.69, 9.17) is 0 Å². The molecule has 19 heavy (non-hydrogen) atoms. The predicted molar refractivity (Wildman–Crippen MR) is 78.5 cm³/mol. The van der Waals surface area contributed by atoms with Crippen molar-refractivity contribution in [1.82, 2.24) is 9.80 Å². The van der Waals surface area contributed by atoms with E-state index in [9.17, 15) is 4.79 Å². The van der Waals surface area contributed by atoms with Crippen molar-refractivity contribution in [1.29, 1.82) is 0 Å². The van der Waals surface area contributed by atoms with Crippen molar-refractivity contribution in [3.8, 4) is 0 Å². The number of nitrogens with one attached hydrogen (secondary N) is 1. The van der Waals surface area contributed by atoms with Gasteiger partial charge in [-0.1, -0.05) is 6.92 Å². The normalized spacial score (nSPS) is 22.9. The second-order valence-corrected chi connectivity index (χ2v) is 5.55. The van der Waals surface area contributed by atoms with Gasteiger partial charge in [-0.2, -0.15) is 0 Å². The first kappa shape index (κ1) is 13.9. The van der Waals surface area contributed by atoms with Gasteiger partial charge in [-0.15, -0.1) is 0 Å². The molecule has 1 aromatic carbocycles. The highest BCUT2D eigenvalue weighted by atomic mass is 16.2. The molecule has 1 aromatic rings. The average molecular weight is 261 g/mol. The first-order chi connectivity index (χ1) is 9.02. The molecule has 0 saturated carbocycles. The number of benzene rings is 1. The summed E-state index contributed by atoms with van der Waals surface area (Å²) in [4.78, 5) is 16.6. The molecule has 0 radical (unpaired) electrons. The number of anilines is 1. The highest BCUT2D eigenvalue weighted by Gasteiger charge is 2.33. The van der Waals surface area contributed by atoms with Crippen LogP contribution < -0.4 is 5.32 Å². The average Bonchev–Trinajstić information content (AvgIpc) is 2.80. The fourth-order valence-corrected chi connectivity index (χ4v) is 2.75. The number of hydrogen-bond acceptors (Lipinski definition) is 3. The molecule has 4 heteroatoms. The van der Waals surface area contributed by atoms with Crippen molar-refractivity contribution >= 4 is 11.6 Å². The van der Waals surface area contributed by atoms with Crippen LogP contribution in [0, 0.1) is 5.92 Å². The Kier molecular flexibility index (Phi) is 4.10. The summed E-state index contributed by atoms with van der Waals surface area (Å²) in [6.45, 7) is 3.87. The molecule has 0 aliphatic carbocycles. The van der Waals surface area contributed by atoms with Crippen LogP contribution in [-0.4, -0.2) is 56.0 Å². The van der Waals surface area contributed by atoms with E-state index in [1.165, 1.54) is 0 Å². The number of nitrogens with zero attached hydrogens (tertiary/aromatic N) is 2. The lowest BCUT2D eigenvalue weighted by Gasteiger charge is -2.22. The van der Waals surface area contributed by atoms with Crippen LogP contribution in [0.2, 0.25) is 0 Å². The maximum Gasteiger partial charge on any atom is 0.253 e. The van der Waals surface area contributed by atoms with Crippen molar-refractivity contribution in [2.24, 2.45) is 5.92 Å². The number of likely N-dealkylation sites (tertiary alicyclic amines) is 1. The van der Waals surface area contributed by atoms with E-state index in [2.05, 4.69) is 31.2 Å². The minimum absolute atomic E-state index is 0.138. The van der Waals surface area contributed by atoms with E-state index in [-0.39, 0.29) is 5.91 Å². The van der Waals surface area contributed by atoms with Gasteiger partial charge in [0.2, 0.25) is 0 Å². The van der Waals surface area contributed by atoms with Crippen LogP contribution >= 0.6 is 0 Å². The molecule has 1 amide bonds. The van der Waals surface area contributed by atoms with Crippen LogP contribution in [0.3, 0.4) is 0 Å². The van der Waals surface area contributed by atoms with Crippen molar-refractivity contribution in [3.63, 3.8) is 0 Å². The van der Waals surface area contributed by atoms with Crippen molar-refractivity contribution in [3.05, 3.63) is 29.8 Å². The maximum absolute atomic E-state index is 12.4. The Morgan fingerprint density at radius 1 is 1.26 bits per heavy atom. The zero-order chi connectivity index (χ0) is 14.0. The summed E-state index contributed by atoms with van der Waals surface area (Å²) in [6.07, 6.45) is 0. The van der Waals surface area contributed by atoms with E-state index >= 15 is 0 Å². The van der Waals surface area contributed by atoms with Gasteiger partial charge in [0.05, 0.1) is 0 Å². The summed E-state index contributed by atoms with van der Waals surface area (Å²) in [5.74, 6) is 0.661. The van der Waals surface area contributed by atoms with Gasteiger partial charge in [0, 0.05) is 37.4 Å². The molecule has 2 unspecified atom stereocenters. The Bertz CT molecular complexity index is 441. The number of rotatable bonds is 3. The summed E-state index contributed by atoms with van der Waals surface area (Å²) in [6, 6.07) is 8.12. The van der Waals surface area contributed by atoms with Gasteiger partial charge in [-0.3, -0.25) is 4.79 Å². The maximum atomic E-state index is 12.4. The Hall–Kier alpha value is -1.55. The topological polar surface area (TPSA) is 35.6 Å². The van der Waals surface area contributed by atoms with Gasteiger partial charge >= 0.3 is 0 Å². The van der Waals surface area contributed by atoms with Gasteiger partial charge in [-0.25, -0.2) is 0 Å². The third-order valence-electron chi connectivity index (χ3n) is 3.94. The lowest BCUT2D eigenvalue weighted by atomic mass is 10.1. The van der Waals surface area contributed by atoms with Gasteiger partial charge in [0.1, 0.15) is 0 Å². The van der Waals surface area contributed by atoms with Crippen LogP contribution in [0.4, 0.5) is 5.69 Å². The Balaban J connectivity index is 2.08. The van der Waals surface area contributed by atoms with Gasteiger partial charge in [-0.05, 0) is 44.3 Å². The molecule has 0 bridgehead atoms. The van der Waals surface area contributed by atoms with E-state index in [0.29, 0.717) is 12.0 Å². The number of amides is 1. The fourth-order valence-electron chi connectivity index (χ4n) is 2.75. The Labute approximate surface area is 115 Å². The molecule has 2 rings (SSSR count). The molecule has 0 spiro atoms. The summed E-state index contributed by atoms with van der Waals surface area (Å²) < 4.78 is 0. The number of carbonyl (C=O) groups is 1. The molecule has 104 valence electrons. The summed E-state index contributed by atoms with van der Waals surface area (Å²) in [5, 5.41) is 3.06. The van der Waals surface area contributed by atoms with Crippen LogP contribution in [0.5, 0.6) is 0 Å². The molecular weight excluding hydrogens is 238 g/mol.